The topological polar surface area (TPSA) is 42.9 Å². The van der Waals surface area contributed by atoms with Crippen LogP contribution in [0.3, 0.4) is 0 Å². The van der Waals surface area contributed by atoms with Crippen molar-refractivity contribution in [3.05, 3.63) is 0 Å². The molecule has 1 unspecified atom stereocenters. The van der Waals surface area contributed by atoms with Gasteiger partial charge in [-0.2, -0.15) is 0 Å². The smallest absolute Gasteiger partial charge is 0.191 e. The first-order chi connectivity index (χ1) is 12.0. The Morgan fingerprint density at radius 2 is 1.68 bits per heavy atom. The highest BCUT2D eigenvalue weighted by molar-refractivity contribution is 5.80. The summed E-state index contributed by atoms with van der Waals surface area (Å²) in [6.45, 7) is 15.6. The molecule has 5 nitrogen and oxygen atoms in total. The van der Waals surface area contributed by atoms with Gasteiger partial charge >= 0.3 is 0 Å². The number of hydrogen-bond donors (Lipinski definition) is 2. The molecule has 2 rings (SSSR count). The lowest BCUT2D eigenvalue weighted by Gasteiger charge is -2.49. The van der Waals surface area contributed by atoms with Crippen LogP contribution in [0.1, 0.15) is 59.8 Å². The summed E-state index contributed by atoms with van der Waals surface area (Å²) in [5.41, 5.74) is 0.260. The van der Waals surface area contributed by atoms with Crippen LogP contribution >= 0.6 is 0 Å². The number of nitrogens with zero attached hydrogens (tertiary/aromatic N) is 3. The van der Waals surface area contributed by atoms with Crippen LogP contribution in [0.5, 0.6) is 0 Å². The van der Waals surface area contributed by atoms with E-state index in [1.54, 1.807) is 0 Å². The molecule has 0 aromatic heterocycles. The summed E-state index contributed by atoms with van der Waals surface area (Å²) in [7, 11) is 2.25. The molecule has 0 amide bonds. The van der Waals surface area contributed by atoms with Crippen LogP contribution in [0.4, 0.5) is 0 Å². The van der Waals surface area contributed by atoms with Gasteiger partial charge in [-0.05, 0) is 78.7 Å². The van der Waals surface area contributed by atoms with Gasteiger partial charge < -0.3 is 15.5 Å². The van der Waals surface area contributed by atoms with Crippen LogP contribution < -0.4 is 10.6 Å². The van der Waals surface area contributed by atoms with Gasteiger partial charge in [0.15, 0.2) is 5.96 Å². The molecule has 0 aromatic rings. The molecule has 146 valence electrons. The predicted octanol–water partition coefficient (Wildman–Crippen LogP) is 2.54. The number of nitrogens with one attached hydrogen (secondary N) is 2. The summed E-state index contributed by atoms with van der Waals surface area (Å²) >= 11 is 0. The summed E-state index contributed by atoms with van der Waals surface area (Å²) in [5, 5.41) is 7.04. The SMILES string of the molecule is CCNC(=NCC1(N2CCCCC2)CCN(C)CC1)NC(C)C(C)C. The van der Waals surface area contributed by atoms with Crippen molar-refractivity contribution in [2.24, 2.45) is 10.9 Å². The first kappa shape index (κ1) is 20.5. The van der Waals surface area contributed by atoms with Gasteiger partial charge in [-0.1, -0.05) is 20.3 Å². The van der Waals surface area contributed by atoms with Gasteiger partial charge in [-0.15, -0.1) is 0 Å². The molecular weight excluding hydrogens is 310 g/mol. The molecule has 5 heteroatoms. The van der Waals surface area contributed by atoms with E-state index >= 15 is 0 Å². The highest BCUT2D eigenvalue weighted by atomic mass is 15.3. The molecule has 2 heterocycles. The van der Waals surface area contributed by atoms with E-state index in [0.29, 0.717) is 12.0 Å². The number of guanidine groups is 1. The number of hydrogen-bond acceptors (Lipinski definition) is 3. The van der Waals surface area contributed by atoms with Crippen LogP contribution in [0.15, 0.2) is 4.99 Å². The highest BCUT2D eigenvalue weighted by Crippen LogP contribution is 2.31. The van der Waals surface area contributed by atoms with Gasteiger partial charge in [-0.3, -0.25) is 9.89 Å². The van der Waals surface area contributed by atoms with Gasteiger partial charge in [0, 0.05) is 18.1 Å². The summed E-state index contributed by atoms with van der Waals surface area (Å²) in [5.74, 6) is 1.59. The molecule has 0 radical (unpaired) electrons. The third kappa shape index (κ3) is 5.85. The molecule has 2 N–H and O–H groups in total. The first-order valence-corrected chi connectivity index (χ1v) is 10.5. The highest BCUT2D eigenvalue weighted by Gasteiger charge is 2.39. The van der Waals surface area contributed by atoms with Crippen molar-refractivity contribution >= 4 is 5.96 Å². The van der Waals surface area contributed by atoms with Crippen molar-refractivity contribution in [1.29, 1.82) is 0 Å². The minimum Gasteiger partial charge on any atom is -0.357 e. The number of aliphatic imine (C=N–C) groups is 1. The lowest BCUT2D eigenvalue weighted by Crippen LogP contribution is -2.58. The zero-order valence-electron chi connectivity index (χ0n) is 17.3. The molecule has 0 saturated carbocycles. The minimum atomic E-state index is 0.260. The Bertz CT molecular complexity index is 406. The van der Waals surface area contributed by atoms with Gasteiger partial charge in [0.25, 0.3) is 0 Å². The van der Waals surface area contributed by atoms with Crippen molar-refractivity contribution < 1.29 is 0 Å². The Morgan fingerprint density at radius 3 is 2.24 bits per heavy atom. The Balaban J connectivity index is 2.10. The summed E-state index contributed by atoms with van der Waals surface area (Å²) in [6, 6.07) is 0.432. The van der Waals surface area contributed by atoms with E-state index in [1.165, 1.54) is 58.3 Å². The molecule has 25 heavy (non-hydrogen) atoms. The fourth-order valence-electron chi connectivity index (χ4n) is 3.91. The molecular formula is C20H41N5. The Kier molecular flexibility index (Phi) is 8.01. The summed E-state index contributed by atoms with van der Waals surface area (Å²) < 4.78 is 0. The monoisotopic (exact) mass is 351 g/mol. The molecule has 2 aliphatic heterocycles. The van der Waals surface area contributed by atoms with Crippen molar-refractivity contribution in [2.45, 2.75) is 71.4 Å². The van der Waals surface area contributed by atoms with E-state index in [2.05, 4.69) is 55.2 Å². The second kappa shape index (κ2) is 9.77. The normalized spacial score (nSPS) is 24.3. The van der Waals surface area contributed by atoms with Crippen LogP contribution in [-0.2, 0) is 0 Å². The third-order valence-corrected chi connectivity index (χ3v) is 6.18. The van der Waals surface area contributed by atoms with Crippen molar-refractivity contribution in [2.75, 3.05) is 46.3 Å². The maximum atomic E-state index is 5.07. The van der Waals surface area contributed by atoms with Crippen molar-refractivity contribution in [1.82, 2.24) is 20.4 Å². The fourth-order valence-corrected chi connectivity index (χ4v) is 3.91. The second-order valence-electron chi connectivity index (χ2n) is 8.45. The van der Waals surface area contributed by atoms with Crippen LogP contribution in [-0.4, -0.2) is 73.7 Å². The lowest BCUT2D eigenvalue weighted by atomic mass is 9.84. The van der Waals surface area contributed by atoms with Crippen LogP contribution in [0, 0.1) is 5.92 Å². The quantitative estimate of drug-likeness (QED) is 0.570. The van der Waals surface area contributed by atoms with E-state index in [1.807, 2.05) is 0 Å². The molecule has 0 aromatic carbocycles. The minimum absolute atomic E-state index is 0.260. The van der Waals surface area contributed by atoms with Crippen molar-refractivity contribution in [3.8, 4) is 0 Å². The molecule has 2 aliphatic rings. The predicted molar refractivity (Wildman–Crippen MR) is 108 cm³/mol. The van der Waals surface area contributed by atoms with E-state index in [4.69, 9.17) is 4.99 Å². The van der Waals surface area contributed by atoms with E-state index in [9.17, 15) is 0 Å². The summed E-state index contributed by atoms with van der Waals surface area (Å²) in [6.07, 6.45) is 6.58. The number of likely N-dealkylation sites (tertiary alicyclic amines) is 2. The van der Waals surface area contributed by atoms with E-state index in [0.717, 1.165) is 19.0 Å². The maximum absolute atomic E-state index is 5.07. The van der Waals surface area contributed by atoms with Gasteiger partial charge in [0.2, 0.25) is 0 Å². The average molecular weight is 352 g/mol. The Labute approximate surface area is 155 Å². The first-order valence-electron chi connectivity index (χ1n) is 10.5. The maximum Gasteiger partial charge on any atom is 0.191 e. The third-order valence-electron chi connectivity index (χ3n) is 6.18. The van der Waals surface area contributed by atoms with Gasteiger partial charge in [-0.25, -0.2) is 0 Å². The van der Waals surface area contributed by atoms with Gasteiger partial charge in [0.05, 0.1) is 6.54 Å². The van der Waals surface area contributed by atoms with E-state index < -0.39 is 0 Å². The molecule has 2 saturated heterocycles. The molecule has 0 spiro atoms. The van der Waals surface area contributed by atoms with Crippen molar-refractivity contribution in [3.63, 3.8) is 0 Å². The standard InChI is InChI=1S/C20H41N5/c1-6-21-19(23-18(4)17(2)3)22-16-20(10-14-24(5)15-11-20)25-12-8-7-9-13-25/h17-18H,6-16H2,1-5H3,(H2,21,22,23). The zero-order chi connectivity index (χ0) is 18.3. The largest absolute Gasteiger partial charge is 0.357 e. The summed E-state index contributed by atoms with van der Waals surface area (Å²) in [4.78, 5) is 10.3. The number of piperidine rings is 2. The van der Waals surface area contributed by atoms with Crippen LogP contribution in [0.2, 0.25) is 0 Å². The average Bonchev–Trinajstić information content (AvgIpc) is 2.62. The number of rotatable bonds is 6. The second-order valence-corrected chi connectivity index (χ2v) is 8.45. The van der Waals surface area contributed by atoms with Gasteiger partial charge in [0.1, 0.15) is 0 Å². The molecule has 0 aliphatic carbocycles. The molecule has 0 bridgehead atoms. The zero-order valence-corrected chi connectivity index (χ0v) is 17.3. The molecule has 2 fully saturated rings. The Morgan fingerprint density at radius 1 is 1.04 bits per heavy atom. The Hall–Kier alpha value is -0.810. The molecule has 1 atom stereocenters. The van der Waals surface area contributed by atoms with E-state index in [-0.39, 0.29) is 5.54 Å². The lowest BCUT2D eigenvalue weighted by molar-refractivity contribution is 0.0208. The van der Waals surface area contributed by atoms with Crippen LogP contribution in [0.25, 0.3) is 0 Å². The fraction of sp³-hybridized carbons (Fsp3) is 0.950.